The molecule has 2 heteroatoms. The van der Waals surface area contributed by atoms with Gasteiger partial charge in [-0.1, -0.05) is 12.2 Å². The molecule has 0 heterocycles. The summed E-state index contributed by atoms with van der Waals surface area (Å²) in [7, 11) is 0. The lowest BCUT2D eigenvalue weighted by Gasteiger charge is -2.03. The van der Waals surface area contributed by atoms with E-state index in [-0.39, 0.29) is 11.8 Å². The molecule has 0 radical (unpaired) electrons. The van der Waals surface area contributed by atoms with Gasteiger partial charge in [0, 0.05) is 17.8 Å². The first kappa shape index (κ1) is 12.8. The van der Waals surface area contributed by atoms with Gasteiger partial charge < -0.3 is 0 Å². The van der Waals surface area contributed by atoms with Gasteiger partial charge in [-0.25, -0.2) is 0 Å². The number of allylic oxidation sites excluding steroid dienone is 3. The highest BCUT2D eigenvalue weighted by Crippen LogP contribution is 2.02. The number of carbonyl (C=O) groups excluding carboxylic acids is 1. The number of carbonyl (C=O) groups is 1. The van der Waals surface area contributed by atoms with Crippen molar-refractivity contribution in [2.75, 3.05) is 0 Å². The highest BCUT2D eigenvalue weighted by Gasteiger charge is 2.00. The molecule has 1 unspecified atom stereocenters. The van der Waals surface area contributed by atoms with Crippen LogP contribution in [0, 0.1) is 0 Å². The Hall–Kier alpha value is -1.18. The van der Waals surface area contributed by atoms with Crippen LogP contribution in [-0.2, 0) is 4.79 Å². The van der Waals surface area contributed by atoms with Crippen molar-refractivity contribution < 1.29 is 4.79 Å². The molecule has 0 saturated heterocycles. The fourth-order valence-electron chi connectivity index (χ4n) is 1.01. The van der Waals surface area contributed by atoms with E-state index in [1.165, 1.54) is 0 Å². The molecule has 0 bridgehead atoms. The third-order valence-corrected chi connectivity index (χ3v) is 1.97. The molecule has 0 saturated carbocycles. The normalized spacial score (nSPS) is 14.4. The van der Waals surface area contributed by atoms with E-state index in [4.69, 9.17) is 0 Å². The molecule has 0 aliphatic heterocycles. The van der Waals surface area contributed by atoms with Crippen molar-refractivity contribution in [3.8, 4) is 0 Å². The smallest absolute Gasteiger partial charge is 0.160 e. The van der Waals surface area contributed by atoms with Gasteiger partial charge in [0.25, 0.3) is 0 Å². The van der Waals surface area contributed by atoms with E-state index < -0.39 is 0 Å². The van der Waals surface area contributed by atoms with E-state index in [9.17, 15) is 4.79 Å². The van der Waals surface area contributed by atoms with E-state index in [0.29, 0.717) is 5.57 Å². The summed E-state index contributed by atoms with van der Waals surface area (Å²) in [6, 6.07) is 0.252. The summed E-state index contributed by atoms with van der Waals surface area (Å²) in [6.07, 6.45) is 7.27. The molecule has 0 rings (SSSR count). The van der Waals surface area contributed by atoms with Gasteiger partial charge in [-0.2, -0.15) is 0 Å². The number of rotatable bonds is 6. The average molecular weight is 193 g/mol. The lowest BCUT2D eigenvalue weighted by atomic mass is 10.1. The van der Waals surface area contributed by atoms with Gasteiger partial charge in [-0.3, -0.25) is 9.79 Å². The predicted octanol–water partition coefficient (Wildman–Crippen LogP) is 2.95. The zero-order valence-electron chi connectivity index (χ0n) is 9.29. The maximum Gasteiger partial charge on any atom is 0.160 e. The Balaban J connectivity index is 4.13. The quantitative estimate of drug-likeness (QED) is 0.362. The lowest BCUT2D eigenvalue weighted by Crippen LogP contribution is -2.02. The van der Waals surface area contributed by atoms with Crippen LogP contribution in [0.4, 0.5) is 0 Å². The first-order valence-corrected chi connectivity index (χ1v) is 4.93. The molecule has 0 spiro atoms. The molecule has 14 heavy (non-hydrogen) atoms. The van der Waals surface area contributed by atoms with E-state index in [1.54, 1.807) is 19.2 Å². The Morgan fingerprint density at radius 1 is 1.57 bits per heavy atom. The first-order chi connectivity index (χ1) is 6.61. The van der Waals surface area contributed by atoms with Crippen LogP contribution >= 0.6 is 0 Å². The van der Waals surface area contributed by atoms with E-state index in [1.807, 2.05) is 19.9 Å². The molecule has 1 atom stereocenters. The third kappa shape index (κ3) is 5.46. The monoisotopic (exact) mass is 193 g/mol. The number of hydrogen-bond donors (Lipinski definition) is 0. The maximum absolute atomic E-state index is 11.0. The number of aliphatic imine (C=N–C) groups is 1. The van der Waals surface area contributed by atoms with Crippen LogP contribution in [0.5, 0.6) is 0 Å². The summed E-state index contributed by atoms with van der Waals surface area (Å²) < 4.78 is 0. The Bertz CT molecular complexity index is 251. The maximum atomic E-state index is 11.0. The number of hydrogen-bond acceptors (Lipinski definition) is 2. The van der Waals surface area contributed by atoms with Gasteiger partial charge in [-0.05, 0) is 33.6 Å². The van der Waals surface area contributed by atoms with Crippen LogP contribution in [0.15, 0.2) is 29.3 Å². The number of ketones is 1. The summed E-state index contributed by atoms with van der Waals surface area (Å²) in [6.45, 7) is 9.09. The fraction of sp³-hybridized carbons (Fsp3) is 0.500. The molecular formula is C12H19NO. The second-order valence-corrected chi connectivity index (χ2v) is 3.29. The average Bonchev–Trinajstić information content (AvgIpc) is 2.15. The van der Waals surface area contributed by atoms with E-state index in [0.717, 1.165) is 12.8 Å². The van der Waals surface area contributed by atoms with Crippen LogP contribution in [0.3, 0.4) is 0 Å². The second-order valence-electron chi connectivity index (χ2n) is 3.29. The summed E-state index contributed by atoms with van der Waals surface area (Å²) in [5, 5.41) is 0. The molecule has 78 valence electrons. The summed E-state index contributed by atoms with van der Waals surface area (Å²) in [4.78, 5) is 15.3. The van der Waals surface area contributed by atoms with Crippen molar-refractivity contribution in [1.29, 1.82) is 0 Å². The molecule has 0 aromatic carbocycles. The number of Topliss-reactive ketones (excluding diaryl/α,β-unsaturated/α-hetero) is 1. The molecule has 0 fully saturated rings. The Morgan fingerprint density at radius 3 is 2.64 bits per heavy atom. The molecule has 0 aromatic heterocycles. The minimum absolute atomic E-state index is 0.0622. The molecule has 2 nitrogen and oxygen atoms in total. The number of nitrogens with zero attached hydrogens (tertiary/aromatic N) is 1. The predicted molar refractivity (Wildman–Crippen MR) is 61.8 cm³/mol. The van der Waals surface area contributed by atoms with Crippen LogP contribution in [0.2, 0.25) is 0 Å². The van der Waals surface area contributed by atoms with Crippen LogP contribution in [-0.4, -0.2) is 18.0 Å². The van der Waals surface area contributed by atoms with Crippen LogP contribution < -0.4 is 0 Å². The Morgan fingerprint density at radius 2 is 2.21 bits per heavy atom. The van der Waals surface area contributed by atoms with E-state index >= 15 is 0 Å². The molecule has 0 aromatic rings. The molecular weight excluding hydrogens is 174 g/mol. The molecule has 0 aliphatic carbocycles. The zero-order valence-corrected chi connectivity index (χ0v) is 9.29. The molecule has 0 aliphatic rings. The largest absolute Gasteiger partial charge is 0.294 e. The van der Waals surface area contributed by atoms with Crippen molar-refractivity contribution in [3.63, 3.8) is 0 Å². The lowest BCUT2D eigenvalue weighted by molar-refractivity contribution is -0.113. The topological polar surface area (TPSA) is 29.4 Å². The highest BCUT2D eigenvalue weighted by atomic mass is 16.1. The first-order valence-electron chi connectivity index (χ1n) is 4.93. The minimum atomic E-state index is 0.0622. The SMILES string of the molecule is C=CCCC(C)/N=C\C(=C/C)C(C)=O. The Labute approximate surface area is 86.4 Å². The van der Waals surface area contributed by atoms with E-state index in [2.05, 4.69) is 11.6 Å². The van der Waals surface area contributed by atoms with Gasteiger partial charge >= 0.3 is 0 Å². The molecule has 0 amide bonds. The van der Waals surface area contributed by atoms with Crippen LogP contribution in [0.1, 0.15) is 33.6 Å². The van der Waals surface area contributed by atoms with Crippen LogP contribution in [0.25, 0.3) is 0 Å². The second kappa shape index (κ2) is 7.25. The zero-order chi connectivity index (χ0) is 11.0. The van der Waals surface area contributed by atoms with Crippen molar-refractivity contribution >= 4 is 12.0 Å². The standard InChI is InChI=1S/C12H19NO/c1-5-7-8-10(3)13-9-12(6-2)11(4)14/h5-6,9-10H,1,7-8H2,2-4H3/b12-6+,13-9-. The Kier molecular flexibility index (Phi) is 6.63. The minimum Gasteiger partial charge on any atom is -0.294 e. The van der Waals surface area contributed by atoms with Crippen molar-refractivity contribution in [3.05, 3.63) is 24.3 Å². The van der Waals surface area contributed by atoms with Crippen molar-refractivity contribution in [2.24, 2.45) is 4.99 Å². The van der Waals surface area contributed by atoms with Gasteiger partial charge in [0.2, 0.25) is 0 Å². The van der Waals surface area contributed by atoms with Gasteiger partial charge in [0.05, 0.1) is 0 Å². The summed E-state index contributed by atoms with van der Waals surface area (Å²) >= 11 is 0. The highest BCUT2D eigenvalue weighted by molar-refractivity contribution is 6.12. The van der Waals surface area contributed by atoms with Crippen molar-refractivity contribution in [1.82, 2.24) is 0 Å². The summed E-state index contributed by atoms with van der Waals surface area (Å²) in [5.74, 6) is 0.0622. The summed E-state index contributed by atoms with van der Waals surface area (Å²) in [5.41, 5.74) is 0.676. The molecule has 0 N–H and O–H groups in total. The van der Waals surface area contributed by atoms with Gasteiger partial charge in [0.15, 0.2) is 5.78 Å². The third-order valence-electron chi connectivity index (χ3n) is 1.97. The fourth-order valence-corrected chi connectivity index (χ4v) is 1.01. The van der Waals surface area contributed by atoms with Gasteiger partial charge in [0.1, 0.15) is 0 Å². The van der Waals surface area contributed by atoms with Crippen molar-refractivity contribution in [2.45, 2.75) is 39.7 Å². The van der Waals surface area contributed by atoms with Gasteiger partial charge in [-0.15, -0.1) is 6.58 Å².